The molecule has 0 fully saturated rings. The van der Waals surface area contributed by atoms with Crippen LogP contribution in [0.3, 0.4) is 0 Å². The molecule has 5 heteroatoms. The molecule has 24 heavy (non-hydrogen) atoms. The number of rotatable bonds is 7. The van der Waals surface area contributed by atoms with Crippen LogP contribution in [0.25, 0.3) is 0 Å². The summed E-state index contributed by atoms with van der Waals surface area (Å²) in [5.74, 6) is 2.07. The first-order chi connectivity index (χ1) is 11.1. The van der Waals surface area contributed by atoms with Crippen molar-refractivity contribution in [2.75, 3.05) is 13.1 Å². The van der Waals surface area contributed by atoms with Crippen LogP contribution < -0.4 is 10.6 Å². The number of hydrogen-bond donors (Lipinski definition) is 2. The summed E-state index contributed by atoms with van der Waals surface area (Å²) in [7, 11) is 0. The third-order valence-corrected chi connectivity index (χ3v) is 4.16. The van der Waals surface area contributed by atoms with Crippen LogP contribution in [0.2, 0.25) is 0 Å². The number of nitrogens with one attached hydrogen (secondary N) is 2. The van der Waals surface area contributed by atoms with Gasteiger partial charge in [0.2, 0.25) is 0 Å². The summed E-state index contributed by atoms with van der Waals surface area (Å²) < 4.78 is 5.27. The van der Waals surface area contributed by atoms with Gasteiger partial charge in [0, 0.05) is 30.6 Å². The maximum absolute atomic E-state index is 5.27. The van der Waals surface area contributed by atoms with Crippen molar-refractivity contribution in [3.63, 3.8) is 0 Å². The van der Waals surface area contributed by atoms with Crippen LogP contribution in [0.4, 0.5) is 0 Å². The fraction of sp³-hybridized carbons (Fsp3) is 0.789. The van der Waals surface area contributed by atoms with Crippen molar-refractivity contribution in [1.82, 2.24) is 15.8 Å². The second kappa shape index (κ2) is 9.09. The Labute approximate surface area is 147 Å². The third kappa shape index (κ3) is 6.93. The Morgan fingerprint density at radius 1 is 1.25 bits per heavy atom. The number of aryl methyl sites for hydroxylation is 2. The van der Waals surface area contributed by atoms with Crippen molar-refractivity contribution in [1.29, 1.82) is 0 Å². The van der Waals surface area contributed by atoms with Gasteiger partial charge in [-0.1, -0.05) is 32.9 Å². The minimum absolute atomic E-state index is 0.289. The molecule has 0 bridgehead atoms. The van der Waals surface area contributed by atoms with E-state index in [1.807, 2.05) is 13.8 Å². The van der Waals surface area contributed by atoms with Gasteiger partial charge in [0.05, 0.1) is 5.69 Å². The highest BCUT2D eigenvalue weighted by atomic mass is 16.5. The summed E-state index contributed by atoms with van der Waals surface area (Å²) >= 11 is 0. The second-order valence-electron chi connectivity index (χ2n) is 8.00. The van der Waals surface area contributed by atoms with Crippen LogP contribution in [-0.4, -0.2) is 30.2 Å². The molecule has 5 nitrogen and oxygen atoms in total. The van der Waals surface area contributed by atoms with E-state index in [2.05, 4.69) is 57.3 Å². The van der Waals surface area contributed by atoms with E-state index in [4.69, 9.17) is 9.52 Å². The standard InChI is InChI=1S/C19H36N4O/c1-9-20-18(22-14(3)10-11-19(6,7)8)21-12-13(2)17-15(4)23-24-16(17)5/h13-14H,9-12H2,1-8H3,(H2,20,21,22). The highest BCUT2D eigenvalue weighted by Crippen LogP contribution is 2.23. The fourth-order valence-electron chi connectivity index (χ4n) is 2.79. The van der Waals surface area contributed by atoms with E-state index < -0.39 is 0 Å². The summed E-state index contributed by atoms with van der Waals surface area (Å²) in [6, 6.07) is 0.399. The van der Waals surface area contributed by atoms with Gasteiger partial charge >= 0.3 is 0 Å². The molecule has 1 aromatic rings. The Balaban J connectivity index is 2.65. The molecular formula is C19H36N4O. The maximum Gasteiger partial charge on any atom is 0.191 e. The summed E-state index contributed by atoms with van der Waals surface area (Å²) in [4.78, 5) is 4.76. The fourth-order valence-corrected chi connectivity index (χ4v) is 2.79. The zero-order valence-corrected chi connectivity index (χ0v) is 16.8. The molecular weight excluding hydrogens is 300 g/mol. The van der Waals surface area contributed by atoms with Gasteiger partial charge in [0.25, 0.3) is 0 Å². The lowest BCUT2D eigenvalue weighted by molar-refractivity contribution is 0.346. The number of hydrogen-bond acceptors (Lipinski definition) is 3. The molecule has 0 spiro atoms. The predicted molar refractivity (Wildman–Crippen MR) is 102 cm³/mol. The van der Waals surface area contributed by atoms with Gasteiger partial charge in [0.1, 0.15) is 5.76 Å². The Morgan fingerprint density at radius 3 is 2.42 bits per heavy atom. The third-order valence-electron chi connectivity index (χ3n) is 4.16. The molecule has 0 saturated carbocycles. The normalized spacial score (nSPS) is 15.2. The minimum atomic E-state index is 0.289. The molecule has 1 heterocycles. The number of nitrogens with zero attached hydrogens (tertiary/aromatic N) is 2. The average molecular weight is 337 g/mol. The lowest BCUT2D eigenvalue weighted by Gasteiger charge is -2.23. The van der Waals surface area contributed by atoms with Crippen LogP contribution in [0.1, 0.15) is 77.3 Å². The smallest absolute Gasteiger partial charge is 0.191 e. The molecule has 2 N–H and O–H groups in total. The SMILES string of the molecule is CCNC(=NCC(C)c1c(C)noc1C)NC(C)CCC(C)(C)C. The Morgan fingerprint density at radius 2 is 1.92 bits per heavy atom. The van der Waals surface area contributed by atoms with Crippen LogP contribution in [0.5, 0.6) is 0 Å². The van der Waals surface area contributed by atoms with Crippen molar-refractivity contribution in [3.8, 4) is 0 Å². The second-order valence-corrected chi connectivity index (χ2v) is 8.00. The van der Waals surface area contributed by atoms with Gasteiger partial charge in [-0.3, -0.25) is 4.99 Å². The highest BCUT2D eigenvalue weighted by Gasteiger charge is 2.17. The molecule has 0 amide bonds. The van der Waals surface area contributed by atoms with E-state index >= 15 is 0 Å². The van der Waals surface area contributed by atoms with E-state index in [1.165, 1.54) is 12.0 Å². The first-order valence-corrected chi connectivity index (χ1v) is 9.11. The van der Waals surface area contributed by atoms with Crippen LogP contribution in [0, 0.1) is 19.3 Å². The summed E-state index contributed by atoms with van der Waals surface area (Å²) in [5, 5.41) is 10.9. The minimum Gasteiger partial charge on any atom is -0.361 e. The molecule has 138 valence electrons. The van der Waals surface area contributed by atoms with Gasteiger partial charge in [0.15, 0.2) is 5.96 Å². The lowest BCUT2D eigenvalue weighted by atomic mass is 9.89. The molecule has 2 atom stereocenters. The van der Waals surface area contributed by atoms with E-state index in [0.29, 0.717) is 18.0 Å². The van der Waals surface area contributed by atoms with E-state index in [-0.39, 0.29) is 5.92 Å². The monoisotopic (exact) mass is 336 g/mol. The van der Waals surface area contributed by atoms with Crippen molar-refractivity contribution < 1.29 is 4.52 Å². The molecule has 0 saturated heterocycles. The lowest BCUT2D eigenvalue weighted by Crippen LogP contribution is -2.42. The van der Waals surface area contributed by atoms with E-state index in [9.17, 15) is 0 Å². The predicted octanol–water partition coefficient (Wildman–Crippen LogP) is 4.16. The van der Waals surface area contributed by atoms with Gasteiger partial charge in [-0.05, 0) is 46.0 Å². The zero-order chi connectivity index (χ0) is 18.3. The van der Waals surface area contributed by atoms with Crippen molar-refractivity contribution in [2.45, 2.75) is 80.2 Å². The molecule has 1 aromatic heterocycles. The molecule has 0 aliphatic heterocycles. The molecule has 1 rings (SSSR count). The van der Waals surface area contributed by atoms with Crippen LogP contribution in [0.15, 0.2) is 9.52 Å². The maximum atomic E-state index is 5.27. The quantitative estimate of drug-likeness (QED) is 0.579. The first kappa shape index (κ1) is 20.5. The van der Waals surface area contributed by atoms with Gasteiger partial charge in [-0.25, -0.2) is 0 Å². The Bertz CT molecular complexity index is 508. The zero-order valence-electron chi connectivity index (χ0n) is 16.8. The first-order valence-electron chi connectivity index (χ1n) is 9.11. The van der Waals surface area contributed by atoms with E-state index in [0.717, 1.165) is 30.4 Å². The van der Waals surface area contributed by atoms with Crippen molar-refractivity contribution in [3.05, 3.63) is 17.0 Å². The summed E-state index contributed by atoms with van der Waals surface area (Å²) in [6.45, 7) is 18.9. The molecule has 0 radical (unpaired) electrons. The van der Waals surface area contributed by atoms with Crippen LogP contribution >= 0.6 is 0 Å². The molecule has 0 aromatic carbocycles. The average Bonchev–Trinajstić information content (AvgIpc) is 2.81. The van der Waals surface area contributed by atoms with Crippen molar-refractivity contribution in [2.24, 2.45) is 10.4 Å². The van der Waals surface area contributed by atoms with Gasteiger partial charge in [-0.2, -0.15) is 0 Å². The number of guanidine groups is 1. The Hall–Kier alpha value is -1.52. The number of aliphatic imine (C=N–C) groups is 1. The molecule has 0 aliphatic rings. The topological polar surface area (TPSA) is 62.5 Å². The van der Waals surface area contributed by atoms with Gasteiger partial charge < -0.3 is 15.2 Å². The molecule has 2 unspecified atom stereocenters. The largest absolute Gasteiger partial charge is 0.361 e. The number of aromatic nitrogens is 1. The van der Waals surface area contributed by atoms with Gasteiger partial charge in [-0.15, -0.1) is 0 Å². The van der Waals surface area contributed by atoms with Crippen LogP contribution in [-0.2, 0) is 0 Å². The summed E-state index contributed by atoms with van der Waals surface area (Å²) in [5.41, 5.74) is 2.51. The Kier molecular flexibility index (Phi) is 7.77. The summed E-state index contributed by atoms with van der Waals surface area (Å²) in [6.07, 6.45) is 2.32. The van der Waals surface area contributed by atoms with Crippen molar-refractivity contribution >= 4 is 5.96 Å². The highest BCUT2D eigenvalue weighted by molar-refractivity contribution is 5.80. The molecule has 0 aliphatic carbocycles. The van der Waals surface area contributed by atoms with E-state index in [1.54, 1.807) is 0 Å².